The quantitative estimate of drug-likeness (QED) is 0.687. The van der Waals surface area contributed by atoms with Crippen molar-refractivity contribution in [3.8, 4) is 5.75 Å². The lowest BCUT2D eigenvalue weighted by molar-refractivity contribution is -0.130. The number of rotatable bonds is 7. The number of amides is 3. The van der Waals surface area contributed by atoms with Crippen LogP contribution in [0.3, 0.4) is 0 Å². The SMILES string of the molecule is CN(C)C(=O)COc1cc(Cl)ccc1C(=O)NCCN1CCN(C(=O)O)CC1. The Morgan fingerprint density at radius 3 is 2.50 bits per heavy atom. The third-order valence-corrected chi connectivity index (χ3v) is 4.63. The van der Waals surface area contributed by atoms with E-state index in [9.17, 15) is 14.4 Å². The second kappa shape index (κ2) is 10.1. The van der Waals surface area contributed by atoms with Crippen LogP contribution in [0.1, 0.15) is 10.4 Å². The summed E-state index contributed by atoms with van der Waals surface area (Å²) in [6.45, 7) is 3.00. The molecule has 3 amide bonds. The minimum Gasteiger partial charge on any atom is -0.483 e. The van der Waals surface area contributed by atoms with Crippen molar-refractivity contribution in [3.63, 3.8) is 0 Å². The number of carboxylic acid groups (broad SMARTS) is 1. The molecule has 0 unspecified atom stereocenters. The normalized spacial score (nSPS) is 14.5. The van der Waals surface area contributed by atoms with E-state index < -0.39 is 6.09 Å². The zero-order valence-corrected chi connectivity index (χ0v) is 16.7. The average Bonchev–Trinajstić information content (AvgIpc) is 2.66. The fourth-order valence-electron chi connectivity index (χ4n) is 2.66. The van der Waals surface area contributed by atoms with E-state index in [1.807, 2.05) is 0 Å². The van der Waals surface area contributed by atoms with Crippen LogP contribution < -0.4 is 10.1 Å². The Labute approximate surface area is 168 Å². The fraction of sp³-hybridized carbons (Fsp3) is 0.500. The Hall–Kier alpha value is -2.52. The molecule has 0 spiro atoms. The molecule has 0 aromatic heterocycles. The molecule has 0 bridgehead atoms. The van der Waals surface area contributed by atoms with Crippen LogP contribution in [0.4, 0.5) is 4.79 Å². The molecule has 0 radical (unpaired) electrons. The summed E-state index contributed by atoms with van der Waals surface area (Å²) >= 11 is 5.98. The number of benzene rings is 1. The molecule has 154 valence electrons. The summed E-state index contributed by atoms with van der Waals surface area (Å²) in [5, 5.41) is 12.2. The molecule has 2 N–H and O–H groups in total. The van der Waals surface area contributed by atoms with Crippen molar-refractivity contribution in [2.45, 2.75) is 0 Å². The molecule has 28 heavy (non-hydrogen) atoms. The number of piperazine rings is 1. The second-order valence-electron chi connectivity index (χ2n) is 6.58. The van der Waals surface area contributed by atoms with Crippen LogP contribution >= 0.6 is 11.6 Å². The first kappa shape index (κ1) is 21.8. The van der Waals surface area contributed by atoms with Crippen molar-refractivity contribution in [2.24, 2.45) is 0 Å². The third-order valence-electron chi connectivity index (χ3n) is 4.39. The zero-order valence-electron chi connectivity index (χ0n) is 16.0. The summed E-state index contributed by atoms with van der Waals surface area (Å²) in [5.41, 5.74) is 0.298. The smallest absolute Gasteiger partial charge is 0.407 e. The number of likely N-dealkylation sites (N-methyl/N-ethyl adjacent to an activating group) is 1. The topological polar surface area (TPSA) is 102 Å². The van der Waals surface area contributed by atoms with E-state index in [4.69, 9.17) is 21.4 Å². The molecule has 0 atom stereocenters. The van der Waals surface area contributed by atoms with Crippen molar-refractivity contribution in [1.29, 1.82) is 0 Å². The van der Waals surface area contributed by atoms with Gasteiger partial charge in [-0.05, 0) is 18.2 Å². The summed E-state index contributed by atoms with van der Waals surface area (Å²) in [5.74, 6) is -0.310. The highest BCUT2D eigenvalue weighted by atomic mass is 35.5. The van der Waals surface area contributed by atoms with Crippen LogP contribution in [-0.2, 0) is 4.79 Å². The molecule has 9 nitrogen and oxygen atoms in total. The number of carbonyl (C=O) groups excluding carboxylic acids is 2. The lowest BCUT2D eigenvalue weighted by Crippen LogP contribution is -2.49. The highest BCUT2D eigenvalue weighted by molar-refractivity contribution is 6.30. The van der Waals surface area contributed by atoms with Gasteiger partial charge in [0.05, 0.1) is 5.56 Å². The highest BCUT2D eigenvalue weighted by Gasteiger charge is 2.20. The van der Waals surface area contributed by atoms with Crippen LogP contribution in [0.15, 0.2) is 18.2 Å². The Balaban J connectivity index is 1.86. The Morgan fingerprint density at radius 1 is 1.21 bits per heavy atom. The first-order chi connectivity index (χ1) is 13.3. The van der Waals surface area contributed by atoms with E-state index in [1.54, 1.807) is 26.2 Å². The zero-order chi connectivity index (χ0) is 20.7. The molecule has 1 aliphatic heterocycles. The molecule has 2 rings (SSSR count). The van der Waals surface area contributed by atoms with Gasteiger partial charge in [-0.25, -0.2) is 4.79 Å². The van der Waals surface area contributed by atoms with Crippen molar-refractivity contribution in [2.75, 3.05) is 60.0 Å². The molecule has 1 heterocycles. The van der Waals surface area contributed by atoms with Gasteiger partial charge in [0.2, 0.25) is 0 Å². The van der Waals surface area contributed by atoms with Crippen molar-refractivity contribution in [1.82, 2.24) is 20.0 Å². The van der Waals surface area contributed by atoms with E-state index in [1.165, 1.54) is 15.9 Å². The molecule has 1 aliphatic rings. The van der Waals surface area contributed by atoms with E-state index in [0.717, 1.165) is 0 Å². The van der Waals surface area contributed by atoms with E-state index in [-0.39, 0.29) is 24.2 Å². The number of ether oxygens (including phenoxy) is 1. The monoisotopic (exact) mass is 412 g/mol. The van der Waals surface area contributed by atoms with Gasteiger partial charge < -0.3 is 25.0 Å². The molecule has 1 aromatic rings. The standard InChI is InChI=1S/C18H25ClN4O5/c1-21(2)16(24)12-28-15-11-13(19)3-4-14(15)17(25)20-5-6-22-7-9-23(10-8-22)18(26)27/h3-4,11H,5-10,12H2,1-2H3,(H,20,25)(H,26,27). The summed E-state index contributed by atoms with van der Waals surface area (Å²) in [7, 11) is 3.24. The van der Waals surface area contributed by atoms with E-state index in [0.29, 0.717) is 49.9 Å². The molecule has 0 aliphatic carbocycles. The van der Waals surface area contributed by atoms with Gasteiger partial charge in [0, 0.05) is 58.4 Å². The maximum Gasteiger partial charge on any atom is 0.407 e. The van der Waals surface area contributed by atoms with Crippen LogP contribution in [0.2, 0.25) is 5.02 Å². The van der Waals surface area contributed by atoms with Gasteiger partial charge in [-0.2, -0.15) is 0 Å². The van der Waals surface area contributed by atoms with Crippen molar-refractivity contribution < 1.29 is 24.2 Å². The van der Waals surface area contributed by atoms with E-state index in [2.05, 4.69) is 10.2 Å². The van der Waals surface area contributed by atoms with Crippen LogP contribution in [0.25, 0.3) is 0 Å². The summed E-state index contributed by atoms with van der Waals surface area (Å²) in [6, 6.07) is 4.64. The predicted octanol–water partition coefficient (Wildman–Crippen LogP) is 0.832. The van der Waals surface area contributed by atoms with Crippen LogP contribution in [0, 0.1) is 0 Å². The molecular formula is C18H25ClN4O5. The second-order valence-corrected chi connectivity index (χ2v) is 7.02. The summed E-state index contributed by atoms with van der Waals surface area (Å²) in [6.07, 6.45) is -0.907. The van der Waals surface area contributed by atoms with Gasteiger partial charge in [0.15, 0.2) is 6.61 Å². The first-order valence-electron chi connectivity index (χ1n) is 8.89. The van der Waals surface area contributed by atoms with Gasteiger partial charge in [0.1, 0.15) is 5.75 Å². The minimum atomic E-state index is -0.907. The van der Waals surface area contributed by atoms with Gasteiger partial charge >= 0.3 is 6.09 Å². The minimum absolute atomic E-state index is 0.193. The van der Waals surface area contributed by atoms with Crippen molar-refractivity contribution >= 4 is 29.5 Å². The fourth-order valence-corrected chi connectivity index (χ4v) is 2.82. The molecule has 0 saturated carbocycles. The lowest BCUT2D eigenvalue weighted by Gasteiger charge is -2.33. The average molecular weight is 413 g/mol. The summed E-state index contributed by atoms with van der Waals surface area (Å²) < 4.78 is 5.48. The predicted molar refractivity (Wildman–Crippen MR) is 104 cm³/mol. The number of hydrogen-bond acceptors (Lipinski definition) is 5. The largest absolute Gasteiger partial charge is 0.483 e. The molecular weight excluding hydrogens is 388 g/mol. The van der Waals surface area contributed by atoms with Gasteiger partial charge in [-0.1, -0.05) is 11.6 Å². The highest BCUT2D eigenvalue weighted by Crippen LogP contribution is 2.23. The Kier molecular flexibility index (Phi) is 7.89. The third kappa shape index (κ3) is 6.28. The molecule has 10 heteroatoms. The number of halogens is 1. The molecule has 1 aromatic carbocycles. The van der Waals surface area contributed by atoms with Crippen molar-refractivity contribution in [3.05, 3.63) is 28.8 Å². The van der Waals surface area contributed by atoms with Gasteiger partial charge in [-0.3, -0.25) is 14.5 Å². The van der Waals surface area contributed by atoms with Gasteiger partial charge in [-0.15, -0.1) is 0 Å². The van der Waals surface area contributed by atoms with E-state index >= 15 is 0 Å². The number of carbonyl (C=O) groups is 3. The first-order valence-corrected chi connectivity index (χ1v) is 9.26. The molecule has 1 saturated heterocycles. The maximum atomic E-state index is 12.5. The molecule has 1 fully saturated rings. The Bertz CT molecular complexity index is 720. The summed E-state index contributed by atoms with van der Waals surface area (Å²) in [4.78, 5) is 40.0. The van der Waals surface area contributed by atoms with Gasteiger partial charge in [0.25, 0.3) is 11.8 Å². The van der Waals surface area contributed by atoms with Crippen LogP contribution in [-0.4, -0.2) is 97.7 Å². The number of hydrogen-bond donors (Lipinski definition) is 2. The Morgan fingerprint density at radius 2 is 1.89 bits per heavy atom. The maximum absolute atomic E-state index is 12.5. The van der Waals surface area contributed by atoms with Crippen LogP contribution in [0.5, 0.6) is 5.75 Å². The number of nitrogens with one attached hydrogen (secondary N) is 1. The number of nitrogens with zero attached hydrogens (tertiary/aromatic N) is 3. The lowest BCUT2D eigenvalue weighted by atomic mass is 10.2.